The molecule has 1 nitrogen and oxygen atoms in total. The van der Waals surface area contributed by atoms with Gasteiger partial charge < -0.3 is 5.32 Å². The Morgan fingerprint density at radius 1 is 1.24 bits per heavy atom. The molecule has 17 heavy (non-hydrogen) atoms. The van der Waals surface area contributed by atoms with Crippen molar-refractivity contribution in [2.45, 2.75) is 45.4 Å². The summed E-state index contributed by atoms with van der Waals surface area (Å²) in [6.07, 6.45) is 5.69. The molecule has 0 bridgehead atoms. The van der Waals surface area contributed by atoms with E-state index in [4.69, 9.17) is 0 Å². The summed E-state index contributed by atoms with van der Waals surface area (Å²) in [7, 11) is 2.08. The van der Waals surface area contributed by atoms with Crippen LogP contribution in [0, 0.1) is 19.8 Å². The zero-order chi connectivity index (χ0) is 12.3. The van der Waals surface area contributed by atoms with Gasteiger partial charge in [-0.2, -0.15) is 0 Å². The quantitative estimate of drug-likeness (QED) is 0.831. The van der Waals surface area contributed by atoms with Crippen LogP contribution in [0.1, 0.15) is 48.3 Å². The lowest BCUT2D eigenvalue weighted by Gasteiger charge is -2.25. The van der Waals surface area contributed by atoms with Gasteiger partial charge in [0.2, 0.25) is 0 Å². The molecule has 0 saturated heterocycles. The third kappa shape index (κ3) is 2.90. The van der Waals surface area contributed by atoms with E-state index < -0.39 is 0 Å². The Kier molecular flexibility index (Phi) is 4.22. The maximum Gasteiger partial charge on any atom is 0.00199 e. The molecule has 1 aliphatic carbocycles. The van der Waals surface area contributed by atoms with E-state index in [2.05, 4.69) is 44.4 Å². The number of aryl methyl sites for hydroxylation is 2. The average molecular weight is 231 g/mol. The molecule has 1 N–H and O–H groups in total. The van der Waals surface area contributed by atoms with Gasteiger partial charge in [0.05, 0.1) is 0 Å². The maximum absolute atomic E-state index is 3.39. The summed E-state index contributed by atoms with van der Waals surface area (Å²) < 4.78 is 0. The number of nitrogens with one attached hydrogen (secondary N) is 1. The van der Waals surface area contributed by atoms with Crippen LogP contribution in [-0.4, -0.2) is 13.6 Å². The van der Waals surface area contributed by atoms with Crippen molar-refractivity contribution in [3.05, 3.63) is 34.9 Å². The smallest absolute Gasteiger partial charge is 0.00199 e. The molecule has 1 saturated carbocycles. The van der Waals surface area contributed by atoms with E-state index in [-0.39, 0.29) is 0 Å². The Morgan fingerprint density at radius 3 is 2.59 bits per heavy atom. The molecule has 0 aliphatic heterocycles. The maximum atomic E-state index is 3.39. The number of hydrogen-bond acceptors (Lipinski definition) is 1. The molecule has 0 aromatic heterocycles. The predicted molar refractivity (Wildman–Crippen MR) is 74.5 cm³/mol. The first-order chi connectivity index (χ1) is 8.22. The van der Waals surface area contributed by atoms with Gasteiger partial charge in [-0.05, 0) is 56.7 Å². The second-order valence-electron chi connectivity index (χ2n) is 5.57. The highest BCUT2D eigenvalue weighted by Gasteiger charge is 2.26. The number of rotatable bonds is 4. The van der Waals surface area contributed by atoms with Crippen molar-refractivity contribution >= 4 is 0 Å². The molecule has 0 spiro atoms. The second-order valence-corrected chi connectivity index (χ2v) is 5.57. The Bertz CT molecular complexity index is 364. The van der Waals surface area contributed by atoms with E-state index in [1.165, 1.54) is 36.8 Å². The number of benzene rings is 1. The third-order valence-electron chi connectivity index (χ3n) is 4.23. The summed E-state index contributed by atoms with van der Waals surface area (Å²) in [5, 5.41) is 3.39. The first-order valence-electron chi connectivity index (χ1n) is 6.94. The zero-order valence-electron chi connectivity index (χ0n) is 11.4. The van der Waals surface area contributed by atoms with Crippen molar-refractivity contribution in [1.82, 2.24) is 5.32 Å². The Labute approximate surface area is 106 Å². The Morgan fingerprint density at radius 2 is 1.94 bits per heavy atom. The van der Waals surface area contributed by atoms with Gasteiger partial charge >= 0.3 is 0 Å². The van der Waals surface area contributed by atoms with Gasteiger partial charge in [0.15, 0.2) is 0 Å². The molecule has 1 unspecified atom stereocenters. The monoisotopic (exact) mass is 231 g/mol. The molecule has 1 atom stereocenters. The minimum atomic E-state index is 0.711. The van der Waals surface area contributed by atoms with Gasteiger partial charge in [0, 0.05) is 6.54 Å². The van der Waals surface area contributed by atoms with E-state index in [0.29, 0.717) is 5.92 Å². The molecule has 1 aliphatic rings. The molecule has 94 valence electrons. The topological polar surface area (TPSA) is 12.0 Å². The average Bonchev–Trinajstić information content (AvgIpc) is 2.83. The van der Waals surface area contributed by atoms with Gasteiger partial charge in [-0.3, -0.25) is 0 Å². The van der Waals surface area contributed by atoms with Gasteiger partial charge in [-0.1, -0.05) is 36.6 Å². The van der Waals surface area contributed by atoms with Gasteiger partial charge in [-0.15, -0.1) is 0 Å². The fourth-order valence-corrected chi connectivity index (χ4v) is 3.27. The van der Waals surface area contributed by atoms with Crippen LogP contribution in [0.3, 0.4) is 0 Å². The van der Waals surface area contributed by atoms with E-state index in [1.807, 2.05) is 0 Å². The van der Waals surface area contributed by atoms with Crippen LogP contribution in [0.4, 0.5) is 0 Å². The van der Waals surface area contributed by atoms with Crippen molar-refractivity contribution in [3.63, 3.8) is 0 Å². The lowest BCUT2D eigenvalue weighted by molar-refractivity contribution is 0.420. The fraction of sp³-hybridized carbons (Fsp3) is 0.625. The number of likely N-dealkylation sites (N-methyl/N-ethyl adjacent to an activating group) is 1. The molecule has 1 fully saturated rings. The van der Waals surface area contributed by atoms with Crippen LogP contribution in [0.5, 0.6) is 0 Å². The highest BCUT2D eigenvalue weighted by Crippen LogP contribution is 2.38. The third-order valence-corrected chi connectivity index (χ3v) is 4.23. The summed E-state index contributed by atoms with van der Waals surface area (Å²) in [4.78, 5) is 0. The van der Waals surface area contributed by atoms with Crippen molar-refractivity contribution < 1.29 is 0 Å². The normalized spacial score (nSPS) is 18.5. The summed E-state index contributed by atoms with van der Waals surface area (Å²) in [6.45, 7) is 5.58. The minimum Gasteiger partial charge on any atom is -0.319 e. The first kappa shape index (κ1) is 12.6. The molecule has 1 aromatic rings. The van der Waals surface area contributed by atoms with Crippen molar-refractivity contribution in [2.75, 3.05) is 13.6 Å². The van der Waals surface area contributed by atoms with E-state index in [0.717, 1.165) is 12.5 Å². The lowest BCUT2D eigenvalue weighted by atomic mass is 9.82. The zero-order valence-corrected chi connectivity index (χ0v) is 11.4. The van der Waals surface area contributed by atoms with Crippen LogP contribution in [0.2, 0.25) is 0 Å². The SMILES string of the molecule is CNCC(c1cc(C)ccc1C)C1CCCC1. The van der Waals surface area contributed by atoms with Crippen LogP contribution in [0.25, 0.3) is 0 Å². The molecular formula is C16H25N. The summed E-state index contributed by atoms with van der Waals surface area (Å²) in [5.74, 6) is 1.60. The predicted octanol–water partition coefficient (Wildman–Crippen LogP) is 3.80. The van der Waals surface area contributed by atoms with E-state index in [1.54, 1.807) is 5.56 Å². The standard InChI is InChI=1S/C16H25N/c1-12-8-9-13(2)15(10-12)16(11-17-3)14-6-4-5-7-14/h8-10,14,16-17H,4-7,11H2,1-3H3. The highest BCUT2D eigenvalue weighted by atomic mass is 14.8. The van der Waals surface area contributed by atoms with Gasteiger partial charge in [0.25, 0.3) is 0 Å². The van der Waals surface area contributed by atoms with Gasteiger partial charge in [0.1, 0.15) is 0 Å². The van der Waals surface area contributed by atoms with Crippen LogP contribution >= 0.6 is 0 Å². The van der Waals surface area contributed by atoms with Crippen molar-refractivity contribution in [1.29, 1.82) is 0 Å². The molecule has 0 radical (unpaired) electrons. The first-order valence-corrected chi connectivity index (χ1v) is 6.94. The van der Waals surface area contributed by atoms with Crippen molar-refractivity contribution in [2.24, 2.45) is 5.92 Å². The van der Waals surface area contributed by atoms with Crippen LogP contribution in [-0.2, 0) is 0 Å². The molecule has 0 heterocycles. The van der Waals surface area contributed by atoms with Crippen LogP contribution in [0.15, 0.2) is 18.2 Å². The molecule has 1 heteroatoms. The molecule has 1 aromatic carbocycles. The van der Waals surface area contributed by atoms with E-state index >= 15 is 0 Å². The molecule has 0 amide bonds. The van der Waals surface area contributed by atoms with E-state index in [9.17, 15) is 0 Å². The highest BCUT2D eigenvalue weighted by molar-refractivity contribution is 5.34. The fourth-order valence-electron chi connectivity index (χ4n) is 3.27. The minimum absolute atomic E-state index is 0.711. The summed E-state index contributed by atoms with van der Waals surface area (Å²) in [5.41, 5.74) is 4.43. The largest absolute Gasteiger partial charge is 0.319 e. The second kappa shape index (κ2) is 5.68. The lowest BCUT2D eigenvalue weighted by Crippen LogP contribution is -2.23. The van der Waals surface area contributed by atoms with Gasteiger partial charge in [-0.25, -0.2) is 0 Å². The molecular weight excluding hydrogens is 206 g/mol. The Balaban J connectivity index is 2.27. The van der Waals surface area contributed by atoms with Crippen molar-refractivity contribution in [3.8, 4) is 0 Å². The summed E-state index contributed by atoms with van der Waals surface area (Å²) >= 11 is 0. The summed E-state index contributed by atoms with van der Waals surface area (Å²) in [6, 6.07) is 6.90. The Hall–Kier alpha value is -0.820. The van der Waals surface area contributed by atoms with Crippen LogP contribution < -0.4 is 5.32 Å². The molecule has 2 rings (SSSR count). The number of hydrogen-bond donors (Lipinski definition) is 1.